The first kappa shape index (κ1) is 25.8. The molecule has 0 aliphatic heterocycles. The van der Waals surface area contributed by atoms with Crippen molar-refractivity contribution in [3.63, 3.8) is 0 Å². The van der Waals surface area contributed by atoms with E-state index in [0.717, 1.165) is 49.0 Å². The Labute approximate surface area is 193 Å². The van der Waals surface area contributed by atoms with Crippen LogP contribution in [-0.4, -0.2) is 46.5 Å². The quantitative estimate of drug-likeness (QED) is 0.157. The molecule has 1 aliphatic carbocycles. The number of ether oxygens (including phenoxy) is 3. The minimum absolute atomic E-state index is 0. The lowest BCUT2D eigenvalue weighted by molar-refractivity contribution is 0.0411. The maximum atomic E-state index is 6.05. The molecule has 1 aromatic carbocycles. The average molecular weight is 519 g/mol. The number of halogens is 1. The summed E-state index contributed by atoms with van der Waals surface area (Å²) in [6, 6.07) is 5.91. The number of nitrogens with one attached hydrogen (secondary N) is 2. The monoisotopic (exact) mass is 519 g/mol. The first-order valence-electron chi connectivity index (χ1n) is 10.5. The molecule has 0 heterocycles. The van der Waals surface area contributed by atoms with Gasteiger partial charge >= 0.3 is 0 Å². The summed E-state index contributed by atoms with van der Waals surface area (Å²) in [5.41, 5.74) is 1.11. The van der Waals surface area contributed by atoms with E-state index in [4.69, 9.17) is 14.2 Å². The van der Waals surface area contributed by atoms with Crippen LogP contribution < -0.4 is 20.1 Å². The third-order valence-corrected chi connectivity index (χ3v) is 5.15. The van der Waals surface area contributed by atoms with Gasteiger partial charge in [-0.25, -0.2) is 0 Å². The van der Waals surface area contributed by atoms with Gasteiger partial charge in [0, 0.05) is 26.7 Å². The molecule has 166 valence electrons. The molecule has 29 heavy (non-hydrogen) atoms. The summed E-state index contributed by atoms with van der Waals surface area (Å²) in [7, 11) is 5.08. The number of hydrogen-bond donors (Lipinski definition) is 2. The largest absolute Gasteiger partial charge is 0.493 e. The van der Waals surface area contributed by atoms with Gasteiger partial charge in [0.2, 0.25) is 0 Å². The van der Waals surface area contributed by atoms with Gasteiger partial charge in [0.15, 0.2) is 17.5 Å². The highest BCUT2D eigenvalue weighted by molar-refractivity contribution is 14.0. The summed E-state index contributed by atoms with van der Waals surface area (Å²) >= 11 is 0. The van der Waals surface area contributed by atoms with E-state index in [1.165, 1.54) is 38.5 Å². The zero-order valence-corrected chi connectivity index (χ0v) is 20.5. The van der Waals surface area contributed by atoms with Gasteiger partial charge in [-0.15, -0.1) is 24.0 Å². The number of hydrogen-bond acceptors (Lipinski definition) is 4. The molecule has 7 heteroatoms. The van der Waals surface area contributed by atoms with Gasteiger partial charge in [0.1, 0.15) is 0 Å². The number of rotatable bonds is 10. The molecule has 1 saturated carbocycles. The molecule has 0 radical (unpaired) electrons. The van der Waals surface area contributed by atoms with Crippen molar-refractivity contribution in [2.75, 3.05) is 34.4 Å². The van der Waals surface area contributed by atoms with Crippen LogP contribution in [0, 0.1) is 0 Å². The van der Waals surface area contributed by atoms with Crippen LogP contribution in [0.15, 0.2) is 23.2 Å². The van der Waals surface area contributed by atoms with E-state index < -0.39 is 0 Å². The van der Waals surface area contributed by atoms with Crippen LogP contribution in [-0.2, 0) is 11.3 Å². The molecular formula is C22H38IN3O3. The van der Waals surface area contributed by atoms with E-state index in [9.17, 15) is 0 Å². The number of benzene rings is 1. The van der Waals surface area contributed by atoms with Crippen molar-refractivity contribution in [1.29, 1.82) is 0 Å². The van der Waals surface area contributed by atoms with E-state index >= 15 is 0 Å². The fourth-order valence-corrected chi connectivity index (χ4v) is 3.49. The normalized spacial score (nSPS) is 15.2. The number of guanidine groups is 1. The Bertz CT molecular complexity index is 591. The third-order valence-electron chi connectivity index (χ3n) is 5.15. The second-order valence-electron chi connectivity index (χ2n) is 7.23. The molecule has 6 nitrogen and oxygen atoms in total. The van der Waals surface area contributed by atoms with Crippen LogP contribution in [0.25, 0.3) is 0 Å². The summed E-state index contributed by atoms with van der Waals surface area (Å²) in [4.78, 5) is 4.29. The summed E-state index contributed by atoms with van der Waals surface area (Å²) in [6.45, 7) is 2.43. The second-order valence-corrected chi connectivity index (χ2v) is 7.23. The Hall–Kier alpha value is -1.22. The molecule has 1 aromatic rings. The van der Waals surface area contributed by atoms with Gasteiger partial charge in [-0.2, -0.15) is 0 Å². The van der Waals surface area contributed by atoms with Crippen molar-refractivity contribution in [1.82, 2.24) is 10.6 Å². The molecule has 0 aromatic heterocycles. The Morgan fingerprint density at radius 2 is 1.72 bits per heavy atom. The highest BCUT2D eigenvalue weighted by Crippen LogP contribution is 2.27. The van der Waals surface area contributed by atoms with Crippen molar-refractivity contribution in [2.45, 2.75) is 64.0 Å². The van der Waals surface area contributed by atoms with Crippen molar-refractivity contribution in [3.05, 3.63) is 23.8 Å². The van der Waals surface area contributed by atoms with Gasteiger partial charge in [-0.3, -0.25) is 4.99 Å². The van der Waals surface area contributed by atoms with Gasteiger partial charge in [-0.05, 0) is 43.4 Å². The van der Waals surface area contributed by atoms with Crippen molar-refractivity contribution >= 4 is 29.9 Å². The standard InChI is InChI=1S/C22H37N3O3.HI/c1-23-22(25-17-18-12-13-20(26-2)21(16-18)27-3)24-14-8-9-15-28-19-10-6-4-5-7-11-19;/h12-13,16,19H,4-11,14-15,17H2,1-3H3,(H2,23,24,25);1H. The van der Waals surface area contributed by atoms with Crippen LogP contribution in [0.2, 0.25) is 0 Å². The maximum absolute atomic E-state index is 6.05. The summed E-state index contributed by atoms with van der Waals surface area (Å²) in [6.07, 6.45) is 10.5. The molecule has 2 N–H and O–H groups in total. The van der Waals surface area contributed by atoms with Crippen LogP contribution in [0.3, 0.4) is 0 Å². The topological polar surface area (TPSA) is 64.1 Å². The van der Waals surface area contributed by atoms with E-state index in [-0.39, 0.29) is 24.0 Å². The SMILES string of the molecule is CN=C(NCCCCOC1CCCCCC1)NCc1ccc(OC)c(OC)c1.I. The summed E-state index contributed by atoms with van der Waals surface area (Å²) in [5.74, 6) is 2.28. The Morgan fingerprint density at radius 3 is 2.38 bits per heavy atom. The summed E-state index contributed by atoms with van der Waals surface area (Å²) in [5, 5.41) is 6.70. The Kier molecular flexibility index (Phi) is 13.9. The number of nitrogens with zero attached hydrogens (tertiary/aromatic N) is 1. The first-order chi connectivity index (χ1) is 13.8. The smallest absolute Gasteiger partial charge is 0.191 e. The highest BCUT2D eigenvalue weighted by atomic mass is 127. The molecule has 1 fully saturated rings. The van der Waals surface area contributed by atoms with Crippen molar-refractivity contribution < 1.29 is 14.2 Å². The molecule has 0 bridgehead atoms. The lowest BCUT2D eigenvalue weighted by Gasteiger charge is -2.16. The molecule has 0 saturated heterocycles. The Morgan fingerprint density at radius 1 is 1.00 bits per heavy atom. The highest BCUT2D eigenvalue weighted by Gasteiger charge is 2.12. The molecule has 0 atom stereocenters. The third kappa shape index (κ3) is 9.89. The molecule has 0 amide bonds. The fraction of sp³-hybridized carbons (Fsp3) is 0.682. The predicted molar refractivity (Wildman–Crippen MR) is 130 cm³/mol. The van der Waals surface area contributed by atoms with E-state index in [2.05, 4.69) is 15.6 Å². The maximum Gasteiger partial charge on any atom is 0.191 e. The van der Waals surface area contributed by atoms with Gasteiger partial charge in [0.25, 0.3) is 0 Å². The zero-order valence-electron chi connectivity index (χ0n) is 18.2. The lowest BCUT2D eigenvalue weighted by atomic mass is 10.1. The summed E-state index contributed by atoms with van der Waals surface area (Å²) < 4.78 is 16.7. The number of methoxy groups -OCH3 is 2. The molecule has 0 spiro atoms. The van der Waals surface area contributed by atoms with Gasteiger partial charge in [0.05, 0.1) is 20.3 Å². The predicted octanol–water partition coefficient (Wildman–Crippen LogP) is 4.51. The van der Waals surface area contributed by atoms with Crippen molar-refractivity contribution in [3.8, 4) is 11.5 Å². The minimum atomic E-state index is 0. The van der Waals surface area contributed by atoms with E-state index in [0.29, 0.717) is 12.6 Å². The van der Waals surface area contributed by atoms with Crippen LogP contribution in [0.5, 0.6) is 11.5 Å². The zero-order chi connectivity index (χ0) is 20.0. The van der Waals surface area contributed by atoms with Gasteiger partial charge in [-0.1, -0.05) is 31.7 Å². The molecular weight excluding hydrogens is 481 g/mol. The lowest BCUT2D eigenvalue weighted by Crippen LogP contribution is -2.37. The Balaban J connectivity index is 0.00000420. The second kappa shape index (κ2) is 15.6. The van der Waals surface area contributed by atoms with Crippen LogP contribution in [0.4, 0.5) is 0 Å². The number of unbranched alkanes of at least 4 members (excludes halogenated alkanes) is 1. The van der Waals surface area contributed by atoms with Crippen LogP contribution >= 0.6 is 24.0 Å². The first-order valence-corrected chi connectivity index (χ1v) is 10.5. The minimum Gasteiger partial charge on any atom is -0.493 e. The van der Waals surface area contributed by atoms with E-state index in [1.54, 1.807) is 21.3 Å². The molecule has 1 aliphatic rings. The van der Waals surface area contributed by atoms with Crippen LogP contribution in [0.1, 0.15) is 56.9 Å². The molecule has 0 unspecified atom stereocenters. The van der Waals surface area contributed by atoms with Crippen molar-refractivity contribution in [2.24, 2.45) is 4.99 Å². The van der Waals surface area contributed by atoms with E-state index in [1.807, 2.05) is 18.2 Å². The average Bonchev–Trinajstić information content (AvgIpc) is 3.01. The molecule has 2 rings (SSSR count). The van der Waals surface area contributed by atoms with Gasteiger partial charge < -0.3 is 24.8 Å². The number of aliphatic imine (C=N–C) groups is 1. The fourth-order valence-electron chi connectivity index (χ4n) is 3.49.